The van der Waals surface area contributed by atoms with Gasteiger partial charge in [-0.25, -0.2) is 19.7 Å². The maximum Gasteiger partial charge on any atom is 0.410 e. The number of amides is 2. The third-order valence-corrected chi connectivity index (χ3v) is 9.44. The highest BCUT2D eigenvalue weighted by Crippen LogP contribution is 2.38. The molecule has 5 rings (SSSR count). The van der Waals surface area contributed by atoms with E-state index in [9.17, 15) is 9.59 Å². The zero-order valence-corrected chi connectivity index (χ0v) is 26.4. The molecule has 0 bridgehead atoms. The standard InChI is InChI=1S/C28H36ClN7O3S2/c1-17-7-6-8-34(17)15-22-24(21-11-19(29)16-40-21)32-26(41-22)33-25(37)20-12-31-23(13-30-20)36-10-9-35(14-18(36)2)27(38)39-28(3,4)5/h11-13,16-18H,6-10,14-15H2,1-5H3,(H,32,33,37)/t17-,18+/m1/s1. The summed E-state index contributed by atoms with van der Waals surface area (Å²) in [4.78, 5) is 47.6. The number of hydrogen-bond acceptors (Lipinski definition) is 10. The van der Waals surface area contributed by atoms with Gasteiger partial charge in [-0.1, -0.05) is 22.9 Å². The molecule has 2 saturated heterocycles. The molecule has 2 aliphatic rings. The minimum atomic E-state index is -0.536. The van der Waals surface area contributed by atoms with Gasteiger partial charge in [0.15, 0.2) is 5.13 Å². The van der Waals surface area contributed by atoms with Crippen molar-refractivity contribution in [3.63, 3.8) is 0 Å². The van der Waals surface area contributed by atoms with Crippen LogP contribution in [0.5, 0.6) is 0 Å². The third-order valence-electron chi connectivity index (χ3n) is 7.20. The Morgan fingerprint density at radius 1 is 1.15 bits per heavy atom. The van der Waals surface area contributed by atoms with Crippen molar-refractivity contribution in [2.24, 2.45) is 0 Å². The molecule has 10 nitrogen and oxygen atoms in total. The van der Waals surface area contributed by atoms with Crippen molar-refractivity contribution in [1.29, 1.82) is 0 Å². The Kier molecular flexibility index (Phi) is 8.84. The van der Waals surface area contributed by atoms with Crippen molar-refractivity contribution in [2.75, 3.05) is 36.4 Å². The summed E-state index contributed by atoms with van der Waals surface area (Å²) in [6.45, 7) is 13.3. The Labute approximate surface area is 253 Å². The molecule has 5 heterocycles. The molecule has 3 aromatic heterocycles. The summed E-state index contributed by atoms with van der Waals surface area (Å²) in [5.41, 5.74) is 0.535. The Balaban J connectivity index is 1.25. The third kappa shape index (κ3) is 7.17. The molecule has 0 aliphatic carbocycles. The highest BCUT2D eigenvalue weighted by molar-refractivity contribution is 7.17. The van der Waals surface area contributed by atoms with E-state index in [-0.39, 0.29) is 23.7 Å². The van der Waals surface area contributed by atoms with E-state index < -0.39 is 5.60 Å². The van der Waals surface area contributed by atoms with Gasteiger partial charge >= 0.3 is 6.09 Å². The van der Waals surface area contributed by atoms with Crippen molar-refractivity contribution in [3.05, 3.63) is 39.4 Å². The van der Waals surface area contributed by atoms with Gasteiger partial charge in [-0.3, -0.25) is 15.0 Å². The lowest BCUT2D eigenvalue weighted by molar-refractivity contribution is 0.0218. The van der Waals surface area contributed by atoms with Gasteiger partial charge < -0.3 is 14.5 Å². The largest absolute Gasteiger partial charge is 0.444 e. The number of thiophene rings is 1. The number of carbonyl (C=O) groups is 2. The van der Waals surface area contributed by atoms with Crippen LogP contribution in [0, 0.1) is 0 Å². The van der Waals surface area contributed by atoms with Gasteiger partial charge in [0.05, 0.1) is 28.0 Å². The summed E-state index contributed by atoms with van der Waals surface area (Å²) in [5.74, 6) is 0.295. The van der Waals surface area contributed by atoms with Crippen LogP contribution < -0.4 is 10.2 Å². The Hall–Kier alpha value is -2.80. The number of ether oxygens (including phenoxy) is 1. The van der Waals surface area contributed by atoms with Crippen molar-refractivity contribution in [2.45, 2.75) is 71.7 Å². The van der Waals surface area contributed by atoms with E-state index in [1.54, 1.807) is 22.4 Å². The van der Waals surface area contributed by atoms with Crippen LogP contribution in [0.4, 0.5) is 15.7 Å². The van der Waals surface area contributed by atoms with Gasteiger partial charge in [-0.2, -0.15) is 0 Å². The number of piperazine rings is 1. The molecule has 220 valence electrons. The maximum absolute atomic E-state index is 13.1. The molecule has 41 heavy (non-hydrogen) atoms. The van der Waals surface area contributed by atoms with Gasteiger partial charge in [0.25, 0.3) is 5.91 Å². The number of anilines is 2. The monoisotopic (exact) mass is 617 g/mol. The zero-order valence-electron chi connectivity index (χ0n) is 24.0. The topological polar surface area (TPSA) is 104 Å². The van der Waals surface area contributed by atoms with Crippen LogP contribution in [-0.2, 0) is 11.3 Å². The maximum atomic E-state index is 13.1. The molecule has 2 fully saturated rings. The number of thiazole rings is 1. The van der Waals surface area contributed by atoms with Crippen LogP contribution in [0.2, 0.25) is 5.02 Å². The fourth-order valence-electron chi connectivity index (χ4n) is 5.09. The van der Waals surface area contributed by atoms with Crippen LogP contribution in [-0.4, -0.2) is 80.6 Å². The second-order valence-electron chi connectivity index (χ2n) is 11.6. The summed E-state index contributed by atoms with van der Waals surface area (Å²) in [6, 6.07) is 2.45. The van der Waals surface area contributed by atoms with Crippen molar-refractivity contribution < 1.29 is 14.3 Å². The number of rotatable bonds is 6. The average Bonchev–Trinajstić information content (AvgIpc) is 3.63. The number of carbonyl (C=O) groups excluding carboxylic acids is 2. The van der Waals surface area contributed by atoms with Crippen LogP contribution in [0.1, 0.15) is 62.8 Å². The van der Waals surface area contributed by atoms with Crippen molar-refractivity contribution in [1.82, 2.24) is 24.8 Å². The number of nitrogens with zero attached hydrogens (tertiary/aromatic N) is 6. The predicted molar refractivity (Wildman–Crippen MR) is 164 cm³/mol. The molecule has 0 aromatic carbocycles. The number of aromatic nitrogens is 3. The Morgan fingerprint density at radius 3 is 2.56 bits per heavy atom. The smallest absolute Gasteiger partial charge is 0.410 e. The fourth-order valence-corrected chi connectivity index (χ4v) is 7.24. The van der Waals surface area contributed by atoms with E-state index in [0.29, 0.717) is 41.6 Å². The normalized spacial score (nSPS) is 20.0. The highest BCUT2D eigenvalue weighted by atomic mass is 35.5. The first kappa shape index (κ1) is 29.7. The van der Waals surface area contributed by atoms with E-state index in [0.717, 1.165) is 28.5 Å². The number of likely N-dealkylation sites (tertiary alicyclic amines) is 1. The lowest BCUT2D eigenvalue weighted by Crippen LogP contribution is -2.54. The summed E-state index contributed by atoms with van der Waals surface area (Å²) >= 11 is 9.25. The van der Waals surface area contributed by atoms with Crippen LogP contribution in [0.15, 0.2) is 23.8 Å². The minimum Gasteiger partial charge on any atom is -0.444 e. The second kappa shape index (κ2) is 12.2. The van der Waals surface area contributed by atoms with Gasteiger partial charge in [0.1, 0.15) is 17.1 Å². The predicted octanol–water partition coefficient (Wildman–Crippen LogP) is 6.00. The van der Waals surface area contributed by atoms with E-state index in [1.807, 2.05) is 39.1 Å². The quantitative estimate of drug-likeness (QED) is 0.359. The van der Waals surface area contributed by atoms with E-state index in [1.165, 1.54) is 30.4 Å². The molecule has 13 heteroatoms. The number of nitrogens with one attached hydrogen (secondary N) is 1. The summed E-state index contributed by atoms with van der Waals surface area (Å²) < 4.78 is 5.51. The van der Waals surface area contributed by atoms with E-state index >= 15 is 0 Å². The van der Waals surface area contributed by atoms with Crippen molar-refractivity contribution >= 4 is 57.2 Å². The SMILES string of the molecule is C[C@@H]1CCCN1Cc1sc(NC(=O)c2cnc(N3CCN(C(=O)OC(C)(C)C)C[C@@H]3C)cn2)nc1-c1cc(Cl)cs1. The molecule has 0 saturated carbocycles. The van der Waals surface area contributed by atoms with Gasteiger partial charge in [-0.05, 0) is 60.1 Å². The summed E-state index contributed by atoms with van der Waals surface area (Å²) in [6.07, 6.45) is 5.16. The first-order valence-electron chi connectivity index (χ1n) is 13.8. The highest BCUT2D eigenvalue weighted by Gasteiger charge is 2.31. The molecule has 2 amide bonds. The number of hydrogen-bond donors (Lipinski definition) is 1. The van der Waals surface area contributed by atoms with Crippen molar-refractivity contribution in [3.8, 4) is 10.6 Å². The molecule has 1 N–H and O–H groups in total. The van der Waals surface area contributed by atoms with Gasteiger partial charge in [0, 0.05) is 48.5 Å². The molecule has 0 spiro atoms. The summed E-state index contributed by atoms with van der Waals surface area (Å²) in [5, 5.41) is 6.02. The first-order chi connectivity index (χ1) is 19.5. The lowest BCUT2D eigenvalue weighted by Gasteiger charge is -2.40. The fraction of sp³-hybridized carbons (Fsp3) is 0.536. The molecular weight excluding hydrogens is 582 g/mol. The minimum absolute atomic E-state index is 0.0153. The Bertz CT molecular complexity index is 1390. The molecule has 0 unspecified atom stereocenters. The van der Waals surface area contributed by atoms with Crippen LogP contribution in [0.25, 0.3) is 10.6 Å². The lowest BCUT2D eigenvalue weighted by atomic mass is 10.2. The van der Waals surface area contributed by atoms with E-state index in [2.05, 4.69) is 32.0 Å². The zero-order chi connectivity index (χ0) is 29.3. The molecule has 0 radical (unpaired) electrons. The van der Waals surface area contributed by atoms with E-state index in [4.69, 9.17) is 21.3 Å². The summed E-state index contributed by atoms with van der Waals surface area (Å²) in [7, 11) is 0. The van der Waals surface area contributed by atoms with Crippen LogP contribution in [0.3, 0.4) is 0 Å². The second-order valence-corrected chi connectivity index (χ2v) is 14.0. The van der Waals surface area contributed by atoms with Gasteiger partial charge in [-0.15, -0.1) is 11.3 Å². The number of halogens is 1. The molecular formula is C28H36ClN7O3S2. The molecule has 2 atom stereocenters. The van der Waals surface area contributed by atoms with Gasteiger partial charge in [0.2, 0.25) is 0 Å². The molecule has 3 aromatic rings. The average molecular weight is 618 g/mol. The van der Waals surface area contributed by atoms with Crippen LogP contribution >= 0.6 is 34.3 Å². The molecule has 2 aliphatic heterocycles. The first-order valence-corrected chi connectivity index (χ1v) is 15.9. The Morgan fingerprint density at radius 2 is 1.95 bits per heavy atom.